The summed E-state index contributed by atoms with van der Waals surface area (Å²) in [5.41, 5.74) is 0.445. The summed E-state index contributed by atoms with van der Waals surface area (Å²) in [7, 11) is 0. The Morgan fingerprint density at radius 2 is 1.96 bits per heavy atom. The number of ether oxygens (including phenoxy) is 3. The molecule has 5 nitrogen and oxygen atoms in total. The molecule has 0 aliphatic heterocycles. The average Bonchev–Trinajstić information content (AvgIpc) is 2.53. The van der Waals surface area contributed by atoms with Gasteiger partial charge in [-0.1, -0.05) is 0 Å². The van der Waals surface area contributed by atoms with Gasteiger partial charge in [-0.15, -0.1) is 0 Å². The van der Waals surface area contributed by atoms with Gasteiger partial charge in [0.15, 0.2) is 0 Å². The first-order valence-corrected chi connectivity index (χ1v) is 9.42. The van der Waals surface area contributed by atoms with Crippen molar-refractivity contribution in [3.63, 3.8) is 0 Å². The lowest BCUT2D eigenvalue weighted by Gasteiger charge is -2.25. The molecule has 0 saturated carbocycles. The molecule has 1 aromatic heterocycles. The quantitative estimate of drug-likeness (QED) is 0.698. The molecule has 0 saturated heterocycles. The lowest BCUT2D eigenvalue weighted by molar-refractivity contribution is 0.00891. The number of hydrogen-bond donors (Lipinski definition) is 1. The van der Waals surface area contributed by atoms with E-state index in [2.05, 4.69) is 31.8 Å². The molecule has 0 fully saturated rings. The molecule has 1 heterocycles. The molecule has 1 aliphatic rings. The van der Waals surface area contributed by atoms with Gasteiger partial charge in [0.2, 0.25) is 5.88 Å². The third kappa shape index (κ3) is 8.19. The van der Waals surface area contributed by atoms with E-state index in [0.29, 0.717) is 25.5 Å². The van der Waals surface area contributed by atoms with Gasteiger partial charge in [0, 0.05) is 12.5 Å². The maximum atomic E-state index is 9.69. The molecule has 26 heavy (non-hydrogen) atoms. The van der Waals surface area contributed by atoms with E-state index < -0.39 is 5.60 Å². The number of pyridine rings is 1. The summed E-state index contributed by atoms with van der Waals surface area (Å²) in [6.07, 6.45) is 7.67. The lowest BCUT2D eigenvalue weighted by atomic mass is 9.97. The van der Waals surface area contributed by atoms with Crippen molar-refractivity contribution < 1.29 is 19.3 Å². The summed E-state index contributed by atoms with van der Waals surface area (Å²) in [5.74, 6) is 1.28. The summed E-state index contributed by atoms with van der Waals surface area (Å²) in [6.45, 7) is 10.8. The third-order valence-corrected chi connectivity index (χ3v) is 4.06. The maximum Gasteiger partial charge on any atom is 0.213 e. The molecule has 1 aliphatic carbocycles. The summed E-state index contributed by atoms with van der Waals surface area (Å²) < 4.78 is 17.5. The second-order valence-corrected chi connectivity index (χ2v) is 8.52. The molecular formula is C21H33NO4. The third-order valence-electron chi connectivity index (χ3n) is 4.06. The summed E-state index contributed by atoms with van der Waals surface area (Å²) in [5, 5.41) is 9.69. The second kappa shape index (κ2) is 8.87. The van der Waals surface area contributed by atoms with Crippen LogP contribution >= 0.6 is 0 Å². The number of hydrogen-bond acceptors (Lipinski definition) is 5. The van der Waals surface area contributed by atoms with Crippen LogP contribution in [0.25, 0.3) is 0 Å². The van der Waals surface area contributed by atoms with E-state index in [1.165, 1.54) is 5.57 Å². The van der Waals surface area contributed by atoms with E-state index >= 15 is 0 Å². The normalized spacial score (nSPS) is 18.4. The Kier molecular flexibility index (Phi) is 7.07. The number of aromatic nitrogens is 1. The van der Waals surface area contributed by atoms with Crippen LogP contribution in [-0.2, 0) is 4.74 Å². The van der Waals surface area contributed by atoms with Crippen LogP contribution in [0, 0.1) is 0 Å². The van der Waals surface area contributed by atoms with E-state index in [4.69, 9.17) is 14.2 Å². The first kappa shape index (κ1) is 20.7. The fourth-order valence-electron chi connectivity index (χ4n) is 2.58. The molecule has 5 heteroatoms. The number of aliphatic hydroxyl groups is 1. The summed E-state index contributed by atoms with van der Waals surface area (Å²) >= 11 is 0. The Labute approximate surface area is 157 Å². The minimum atomic E-state index is -0.731. The molecule has 146 valence electrons. The van der Waals surface area contributed by atoms with Gasteiger partial charge in [-0.25, -0.2) is 4.98 Å². The van der Waals surface area contributed by atoms with Crippen molar-refractivity contribution in [1.82, 2.24) is 4.98 Å². The van der Waals surface area contributed by atoms with Crippen molar-refractivity contribution in [2.75, 3.05) is 13.2 Å². The Morgan fingerprint density at radius 1 is 1.19 bits per heavy atom. The largest absolute Gasteiger partial charge is 0.485 e. The van der Waals surface area contributed by atoms with Crippen LogP contribution in [0.5, 0.6) is 11.6 Å². The van der Waals surface area contributed by atoms with Crippen LogP contribution in [0.2, 0.25) is 0 Å². The van der Waals surface area contributed by atoms with Gasteiger partial charge in [-0.3, -0.25) is 0 Å². The van der Waals surface area contributed by atoms with Crippen molar-refractivity contribution in [2.45, 2.75) is 77.6 Å². The van der Waals surface area contributed by atoms with Crippen LogP contribution < -0.4 is 9.47 Å². The average molecular weight is 363 g/mol. The SMILES string of the molecule is CC(C)(O)CCOc1ccc(OC2C=C(COC(C)(C)C)CCC2)cn1. The Bertz CT molecular complexity index is 582. The van der Waals surface area contributed by atoms with E-state index in [9.17, 15) is 5.11 Å². The fraction of sp³-hybridized carbons (Fsp3) is 0.667. The van der Waals surface area contributed by atoms with Crippen molar-refractivity contribution in [1.29, 1.82) is 0 Å². The second-order valence-electron chi connectivity index (χ2n) is 8.52. The monoisotopic (exact) mass is 363 g/mol. The van der Waals surface area contributed by atoms with Gasteiger partial charge in [0.25, 0.3) is 0 Å². The molecule has 0 aromatic carbocycles. The Balaban J connectivity index is 1.84. The highest BCUT2D eigenvalue weighted by molar-refractivity contribution is 5.24. The van der Waals surface area contributed by atoms with Gasteiger partial charge >= 0.3 is 0 Å². The molecule has 2 rings (SSSR count). The van der Waals surface area contributed by atoms with Crippen molar-refractivity contribution >= 4 is 0 Å². The van der Waals surface area contributed by atoms with E-state index in [1.54, 1.807) is 26.1 Å². The van der Waals surface area contributed by atoms with Crippen molar-refractivity contribution in [3.05, 3.63) is 30.0 Å². The summed E-state index contributed by atoms with van der Waals surface area (Å²) in [4.78, 5) is 4.28. The highest BCUT2D eigenvalue weighted by atomic mass is 16.5. The molecule has 1 atom stereocenters. The zero-order chi connectivity index (χ0) is 19.2. The Hall–Kier alpha value is -1.59. The van der Waals surface area contributed by atoms with E-state index in [-0.39, 0.29) is 11.7 Å². The standard InChI is InChI=1S/C21H33NO4/c1-20(2,3)25-15-16-7-6-8-17(13-16)26-18-9-10-19(22-14-18)24-12-11-21(4,5)23/h9-10,13-14,17,23H,6-8,11-12,15H2,1-5H3. The minimum absolute atomic E-state index is 0.0612. The van der Waals surface area contributed by atoms with Crippen LogP contribution in [0.1, 0.15) is 60.3 Å². The smallest absolute Gasteiger partial charge is 0.213 e. The molecule has 1 unspecified atom stereocenters. The lowest BCUT2D eigenvalue weighted by Crippen LogP contribution is -2.23. The summed E-state index contributed by atoms with van der Waals surface area (Å²) in [6, 6.07) is 3.68. The molecule has 0 spiro atoms. The van der Waals surface area contributed by atoms with Crippen LogP contribution in [0.15, 0.2) is 30.0 Å². The fourth-order valence-corrected chi connectivity index (χ4v) is 2.58. The molecular weight excluding hydrogens is 330 g/mol. The molecule has 0 radical (unpaired) electrons. The van der Waals surface area contributed by atoms with Crippen LogP contribution in [-0.4, -0.2) is 40.6 Å². The molecule has 1 aromatic rings. The highest BCUT2D eigenvalue weighted by Crippen LogP contribution is 2.24. The zero-order valence-corrected chi connectivity index (χ0v) is 16.7. The predicted molar refractivity (Wildman–Crippen MR) is 103 cm³/mol. The first-order chi connectivity index (χ1) is 12.1. The van der Waals surface area contributed by atoms with Crippen molar-refractivity contribution in [2.24, 2.45) is 0 Å². The van der Waals surface area contributed by atoms with Gasteiger partial charge in [0.1, 0.15) is 11.9 Å². The zero-order valence-electron chi connectivity index (χ0n) is 16.7. The van der Waals surface area contributed by atoms with Gasteiger partial charge in [-0.05, 0) is 71.6 Å². The van der Waals surface area contributed by atoms with Gasteiger partial charge < -0.3 is 19.3 Å². The van der Waals surface area contributed by atoms with Crippen molar-refractivity contribution in [3.8, 4) is 11.6 Å². The van der Waals surface area contributed by atoms with Gasteiger partial charge in [0.05, 0.1) is 30.6 Å². The predicted octanol–water partition coefficient (Wildman–Crippen LogP) is 4.29. The maximum absolute atomic E-state index is 9.69. The highest BCUT2D eigenvalue weighted by Gasteiger charge is 2.18. The van der Waals surface area contributed by atoms with Crippen LogP contribution in [0.4, 0.5) is 0 Å². The minimum Gasteiger partial charge on any atom is -0.485 e. The number of rotatable bonds is 8. The Morgan fingerprint density at radius 3 is 2.58 bits per heavy atom. The molecule has 1 N–H and O–H groups in total. The molecule has 0 amide bonds. The van der Waals surface area contributed by atoms with E-state index in [0.717, 1.165) is 25.0 Å². The van der Waals surface area contributed by atoms with Crippen LogP contribution in [0.3, 0.4) is 0 Å². The first-order valence-electron chi connectivity index (χ1n) is 9.42. The van der Waals surface area contributed by atoms with E-state index in [1.807, 2.05) is 6.07 Å². The number of nitrogens with zero attached hydrogens (tertiary/aromatic N) is 1. The van der Waals surface area contributed by atoms with Gasteiger partial charge in [-0.2, -0.15) is 0 Å². The topological polar surface area (TPSA) is 60.8 Å². The molecule has 0 bridgehead atoms.